The van der Waals surface area contributed by atoms with Gasteiger partial charge in [-0.3, -0.25) is 4.79 Å². The van der Waals surface area contributed by atoms with Crippen molar-refractivity contribution < 1.29 is 9.42 Å². The van der Waals surface area contributed by atoms with Crippen molar-refractivity contribution in [3.63, 3.8) is 0 Å². The Labute approximate surface area is 159 Å². The van der Waals surface area contributed by atoms with E-state index in [1.54, 1.807) is 6.92 Å². The highest BCUT2D eigenvalue weighted by Gasteiger charge is 2.22. The SMILES string of the molecule is C/C(=N/NC(=O)c1c(C)nnn1-c1nonc1N)c1ccc2ccccc2c1. The minimum Gasteiger partial charge on any atom is -0.378 e. The van der Waals surface area contributed by atoms with E-state index >= 15 is 0 Å². The van der Waals surface area contributed by atoms with Crippen LogP contribution in [0.15, 0.2) is 52.2 Å². The second-order valence-electron chi connectivity index (χ2n) is 6.11. The smallest absolute Gasteiger partial charge is 0.292 e. The second kappa shape index (κ2) is 6.91. The molecule has 4 aromatic rings. The lowest BCUT2D eigenvalue weighted by molar-refractivity contribution is 0.0946. The third kappa shape index (κ3) is 3.07. The highest BCUT2D eigenvalue weighted by atomic mass is 16.6. The normalized spacial score (nSPS) is 11.7. The Balaban J connectivity index is 1.60. The van der Waals surface area contributed by atoms with Crippen molar-refractivity contribution in [3.05, 3.63) is 59.4 Å². The first-order valence-corrected chi connectivity index (χ1v) is 8.39. The molecule has 0 atom stereocenters. The first kappa shape index (κ1) is 17.3. The third-order valence-electron chi connectivity index (χ3n) is 4.24. The quantitative estimate of drug-likeness (QED) is 0.409. The topological polar surface area (TPSA) is 137 Å². The molecule has 0 radical (unpaired) electrons. The lowest BCUT2D eigenvalue weighted by Crippen LogP contribution is -2.24. The zero-order chi connectivity index (χ0) is 19.7. The maximum atomic E-state index is 12.7. The van der Waals surface area contributed by atoms with Gasteiger partial charge in [-0.15, -0.1) is 5.10 Å². The molecule has 0 aliphatic carbocycles. The van der Waals surface area contributed by atoms with Crippen LogP contribution in [0.4, 0.5) is 5.82 Å². The van der Waals surface area contributed by atoms with Gasteiger partial charge >= 0.3 is 0 Å². The number of nitrogens with two attached hydrogens (primary N) is 1. The largest absolute Gasteiger partial charge is 0.378 e. The lowest BCUT2D eigenvalue weighted by Gasteiger charge is -2.06. The number of hydrogen-bond donors (Lipinski definition) is 2. The van der Waals surface area contributed by atoms with Gasteiger partial charge in [0, 0.05) is 0 Å². The van der Waals surface area contributed by atoms with Gasteiger partial charge in [0.05, 0.1) is 11.4 Å². The molecule has 0 bridgehead atoms. The van der Waals surface area contributed by atoms with E-state index in [0.29, 0.717) is 11.4 Å². The summed E-state index contributed by atoms with van der Waals surface area (Å²) in [5.41, 5.74) is 10.3. The van der Waals surface area contributed by atoms with Gasteiger partial charge < -0.3 is 5.73 Å². The molecule has 2 aromatic carbocycles. The van der Waals surface area contributed by atoms with Gasteiger partial charge in [0.25, 0.3) is 5.91 Å². The molecule has 1 amide bonds. The Bertz CT molecular complexity index is 1210. The third-order valence-corrected chi connectivity index (χ3v) is 4.24. The van der Waals surface area contributed by atoms with E-state index in [9.17, 15) is 4.79 Å². The lowest BCUT2D eigenvalue weighted by atomic mass is 10.0. The summed E-state index contributed by atoms with van der Waals surface area (Å²) in [7, 11) is 0. The Morgan fingerprint density at radius 3 is 2.71 bits per heavy atom. The molecule has 0 unspecified atom stereocenters. The van der Waals surface area contributed by atoms with Crippen molar-refractivity contribution >= 4 is 28.2 Å². The van der Waals surface area contributed by atoms with E-state index in [1.807, 2.05) is 49.4 Å². The number of nitrogens with one attached hydrogen (secondary N) is 1. The molecule has 4 rings (SSSR count). The predicted molar refractivity (Wildman–Crippen MR) is 102 cm³/mol. The predicted octanol–water partition coefficient (Wildman–Crippen LogP) is 1.85. The Morgan fingerprint density at radius 1 is 1.18 bits per heavy atom. The molecule has 10 heteroatoms. The summed E-state index contributed by atoms with van der Waals surface area (Å²) in [6, 6.07) is 14.0. The minimum absolute atomic E-state index is 0.00482. The zero-order valence-corrected chi connectivity index (χ0v) is 15.1. The van der Waals surface area contributed by atoms with Crippen LogP contribution in [-0.4, -0.2) is 36.9 Å². The average molecular weight is 376 g/mol. The van der Waals surface area contributed by atoms with Gasteiger partial charge in [0.1, 0.15) is 0 Å². The van der Waals surface area contributed by atoms with Crippen LogP contribution in [0, 0.1) is 6.92 Å². The fourth-order valence-electron chi connectivity index (χ4n) is 2.77. The summed E-state index contributed by atoms with van der Waals surface area (Å²) in [5.74, 6) is -0.430. The molecular formula is C18H16N8O2. The van der Waals surface area contributed by atoms with Gasteiger partial charge in [0.15, 0.2) is 5.69 Å². The number of amides is 1. The number of carbonyl (C=O) groups excluding carboxylic acids is 1. The number of benzene rings is 2. The molecule has 2 aromatic heterocycles. The molecule has 2 heterocycles. The summed E-state index contributed by atoms with van der Waals surface area (Å²) in [5, 5.41) is 21.3. The maximum absolute atomic E-state index is 12.7. The number of aromatic nitrogens is 5. The second-order valence-corrected chi connectivity index (χ2v) is 6.11. The number of anilines is 1. The van der Waals surface area contributed by atoms with Crippen LogP contribution >= 0.6 is 0 Å². The first-order valence-electron chi connectivity index (χ1n) is 8.39. The molecule has 28 heavy (non-hydrogen) atoms. The van der Waals surface area contributed by atoms with Crippen LogP contribution in [0.25, 0.3) is 16.6 Å². The molecule has 0 aliphatic heterocycles. The first-order chi connectivity index (χ1) is 13.5. The Morgan fingerprint density at radius 2 is 1.96 bits per heavy atom. The van der Waals surface area contributed by atoms with E-state index in [0.717, 1.165) is 21.0 Å². The van der Waals surface area contributed by atoms with Gasteiger partial charge in [0.2, 0.25) is 11.6 Å². The van der Waals surface area contributed by atoms with Crippen molar-refractivity contribution in [1.82, 2.24) is 30.7 Å². The van der Waals surface area contributed by atoms with E-state index < -0.39 is 5.91 Å². The van der Waals surface area contributed by atoms with Gasteiger partial charge in [-0.25, -0.2) is 10.1 Å². The zero-order valence-electron chi connectivity index (χ0n) is 15.1. The van der Waals surface area contributed by atoms with E-state index in [-0.39, 0.29) is 17.3 Å². The number of hydrogen-bond acceptors (Lipinski definition) is 8. The van der Waals surface area contributed by atoms with Crippen molar-refractivity contribution in [3.8, 4) is 5.82 Å². The van der Waals surface area contributed by atoms with Crippen LogP contribution < -0.4 is 11.2 Å². The van der Waals surface area contributed by atoms with Crippen LogP contribution in [-0.2, 0) is 0 Å². The summed E-state index contributed by atoms with van der Waals surface area (Å²) >= 11 is 0. The van der Waals surface area contributed by atoms with E-state index in [4.69, 9.17) is 5.73 Å². The maximum Gasteiger partial charge on any atom is 0.292 e. The van der Waals surface area contributed by atoms with Crippen LogP contribution in [0.3, 0.4) is 0 Å². The molecule has 0 spiro atoms. The number of nitrogens with zero attached hydrogens (tertiary/aromatic N) is 6. The van der Waals surface area contributed by atoms with E-state index in [1.165, 1.54) is 0 Å². The van der Waals surface area contributed by atoms with Crippen LogP contribution in [0.5, 0.6) is 0 Å². The summed E-state index contributed by atoms with van der Waals surface area (Å²) in [6.07, 6.45) is 0. The highest BCUT2D eigenvalue weighted by molar-refractivity contribution is 6.03. The van der Waals surface area contributed by atoms with Gasteiger partial charge in [-0.05, 0) is 46.6 Å². The number of fused-ring (bicyclic) bond motifs is 1. The van der Waals surface area contributed by atoms with Gasteiger partial charge in [-0.1, -0.05) is 41.6 Å². The van der Waals surface area contributed by atoms with Gasteiger partial charge in [-0.2, -0.15) is 9.78 Å². The fraction of sp³-hybridized carbons (Fsp3) is 0.111. The fourth-order valence-corrected chi connectivity index (χ4v) is 2.77. The number of nitrogen functional groups attached to an aromatic ring is 1. The Kier molecular flexibility index (Phi) is 4.28. The minimum atomic E-state index is -0.509. The molecule has 0 aliphatic rings. The monoisotopic (exact) mass is 376 g/mol. The van der Waals surface area contributed by atoms with Crippen molar-refractivity contribution in [2.24, 2.45) is 5.10 Å². The summed E-state index contributed by atoms with van der Waals surface area (Å²) < 4.78 is 5.73. The number of hydrazone groups is 1. The molecule has 3 N–H and O–H groups in total. The molecule has 0 fully saturated rings. The highest BCUT2D eigenvalue weighted by Crippen LogP contribution is 2.17. The van der Waals surface area contributed by atoms with Crippen molar-refractivity contribution in [1.29, 1.82) is 0 Å². The molecule has 140 valence electrons. The molecule has 10 nitrogen and oxygen atoms in total. The van der Waals surface area contributed by atoms with E-state index in [2.05, 4.69) is 35.8 Å². The average Bonchev–Trinajstić information content (AvgIpc) is 3.30. The van der Waals surface area contributed by atoms with Crippen molar-refractivity contribution in [2.75, 3.05) is 5.73 Å². The van der Waals surface area contributed by atoms with Crippen LogP contribution in [0.1, 0.15) is 28.7 Å². The standard InChI is InChI=1S/C18H16N8O2/c1-10(13-8-7-12-5-3-4-6-14(12)9-13)20-22-18(27)15-11(2)21-25-26(15)17-16(19)23-28-24-17/h3-9H,1-2H3,(H2,19,23)(H,22,27)/b20-10-. The Hall–Kier alpha value is -4.08. The summed E-state index contributed by atoms with van der Waals surface area (Å²) in [6.45, 7) is 3.45. The van der Waals surface area contributed by atoms with Crippen LogP contribution in [0.2, 0.25) is 0 Å². The molecule has 0 saturated carbocycles. The molecular weight excluding hydrogens is 360 g/mol. The summed E-state index contributed by atoms with van der Waals surface area (Å²) in [4.78, 5) is 12.7. The number of rotatable bonds is 4. The number of carbonyl (C=O) groups is 1. The number of aryl methyl sites for hydroxylation is 1. The van der Waals surface area contributed by atoms with Crippen molar-refractivity contribution in [2.45, 2.75) is 13.8 Å². The molecule has 0 saturated heterocycles.